The van der Waals surface area contributed by atoms with Crippen LogP contribution >= 0.6 is 11.8 Å². The summed E-state index contributed by atoms with van der Waals surface area (Å²) in [6, 6.07) is 0.829. The normalized spacial score (nSPS) is 14.6. The van der Waals surface area contributed by atoms with E-state index in [1.54, 1.807) is 13.8 Å². The Morgan fingerprint density at radius 1 is 1.29 bits per heavy atom. The Morgan fingerprint density at radius 2 is 1.95 bits per heavy atom. The molecule has 0 saturated heterocycles. The highest BCUT2D eigenvalue weighted by Crippen LogP contribution is 2.29. The summed E-state index contributed by atoms with van der Waals surface area (Å²) in [6.45, 7) is 3.84. The Bertz CT molecular complexity index is 468. The quantitative estimate of drug-likeness (QED) is 0.716. The number of anilines is 2. The number of alkyl halides is 3. The molecule has 1 aromatic heterocycles. The summed E-state index contributed by atoms with van der Waals surface area (Å²) in [5.74, 6) is 0.381. The van der Waals surface area contributed by atoms with Crippen molar-refractivity contribution in [2.45, 2.75) is 25.6 Å². The fraction of sp³-hybridized carbons (Fsp3) is 0.667. The molecule has 0 aliphatic rings. The number of hydrogen-bond donors (Lipinski definition) is 3. The van der Waals surface area contributed by atoms with Crippen LogP contribution in [0.2, 0.25) is 0 Å². The first-order valence-electron chi connectivity index (χ1n) is 6.33. The lowest BCUT2D eigenvalue weighted by atomic mass is 10.1. The Morgan fingerprint density at radius 3 is 2.48 bits per heavy atom. The maximum absolute atomic E-state index is 12.8. The molecule has 120 valence electrons. The number of hydrogen-bond acceptors (Lipinski definition) is 6. The smallest absolute Gasteiger partial charge is 0.387 e. The van der Waals surface area contributed by atoms with Crippen molar-refractivity contribution in [1.82, 2.24) is 9.97 Å². The molecule has 3 N–H and O–H groups in total. The fourth-order valence-electron chi connectivity index (χ4n) is 1.56. The fourth-order valence-corrected chi connectivity index (χ4v) is 2.29. The minimum absolute atomic E-state index is 0.0228. The minimum Gasteiger partial charge on any atom is -0.387 e. The van der Waals surface area contributed by atoms with Gasteiger partial charge >= 0.3 is 6.18 Å². The summed E-state index contributed by atoms with van der Waals surface area (Å²) in [6.07, 6.45) is -2.71. The molecule has 21 heavy (non-hydrogen) atoms. The van der Waals surface area contributed by atoms with Crippen LogP contribution in [0.1, 0.15) is 19.5 Å². The van der Waals surface area contributed by atoms with Gasteiger partial charge in [-0.05, 0) is 20.1 Å². The topological polar surface area (TPSA) is 70.1 Å². The van der Waals surface area contributed by atoms with Gasteiger partial charge in [0, 0.05) is 24.9 Å². The van der Waals surface area contributed by atoms with Crippen LogP contribution in [0, 0.1) is 0 Å². The molecule has 0 saturated carbocycles. The van der Waals surface area contributed by atoms with Crippen LogP contribution in [0.3, 0.4) is 0 Å². The van der Waals surface area contributed by atoms with E-state index in [0.717, 1.165) is 6.07 Å². The van der Waals surface area contributed by atoms with Crippen LogP contribution in [-0.4, -0.2) is 45.8 Å². The molecule has 0 aromatic carbocycles. The van der Waals surface area contributed by atoms with Crippen molar-refractivity contribution in [3.63, 3.8) is 0 Å². The minimum atomic E-state index is -4.55. The molecule has 9 heteroatoms. The molecule has 0 radical (unpaired) electrons. The highest BCUT2D eigenvalue weighted by Gasteiger charge is 2.34. The SMILES string of the molecule is CCNc1nc(NCC(C)(O)CSC)cc(C(F)(F)F)n1. The predicted molar refractivity (Wildman–Crippen MR) is 78.7 cm³/mol. The third-order valence-corrected chi connectivity index (χ3v) is 3.37. The molecule has 1 heterocycles. The average molecular weight is 324 g/mol. The lowest BCUT2D eigenvalue weighted by Crippen LogP contribution is -2.36. The average Bonchev–Trinajstić information content (AvgIpc) is 2.36. The molecule has 0 fully saturated rings. The number of rotatable bonds is 7. The molecule has 0 amide bonds. The van der Waals surface area contributed by atoms with Crippen molar-refractivity contribution in [3.8, 4) is 0 Å². The van der Waals surface area contributed by atoms with Crippen LogP contribution in [0.15, 0.2) is 6.07 Å². The van der Waals surface area contributed by atoms with Gasteiger partial charge in [-0.1, -0.05) is 0 Å². The van der Waals surface area contributed by atoms with Gasteiger partial charge in [0.2, 0.25) is 5.95 Å². The molecule has 0 aliphatic heterocycles. The van der Waals surface area contributed by atoms with E-state index < -0.39 is 17.5 Å². The summed E-state index contributed by atoms with van der Waals surface area (Å²) in [4.78, 5) is 7.37. The number of halogens is 3. The number of nitrogens with zero attached hydrogens (tertiary/aromatic N) is 2. The van der Waals surface area contributed by atoms with Gasteiger partial charge in [0.25, 0.3) is 0 Å². The first kappa shape index (κ1) is 17.8. The van der Waals surface area contributed by atoms with E-state index in [9.17, 15) is 18.3 Å². The number of nitrogens with one attached hydrogen (secondary N) is 2. The Labute approximate surface area is 125 Å². The van der Waals surface area contributed by atoms with Crippen LogP contribution in [0.25, 0.3) is 0 Å². The van der Waals surface area contributed by atoms with Crippen molar-refractivity contribution in [2.24, 2.45) is 0 Å². The van der Waals surface area contributed by atoms with E-state index in [4.69, 9.17) is 0 Å². The van der Waals surface area contributed by atoms with Gasteiger partial charge in [0.05, 0.1) is 5.60 Å². The van der Waals surface area contributed by atoms with Crippen molar-refractivity contribution in [2.75, 3.05) is 35.7 Å². The molecule has 1 rings (SSSR count). The van der Waals surface area contributed by atoms with Crippen LogP contribution < -0.4 is 10.6 Å². The molecule has 0 bridgehead atoms. The highest BCUT2D eigenvalue weighted by molar-refractivity contribution is 7.98. The Hall–Kier alpha value is -1.22. The third kappa shape index (κ3) is 5.96. The second-order valence-electron chi connectivity index (χ2n) is 4.77. The number of aliphatic hydroxyl groups is 1. The Kier molecular flexibility index (Phi) is 6.09. The predicted octanol–water partition coefficient (Wildman–Crippen LogP) is 2.45. The molecule has 0 spiro atoms. The molecule has 1 atom stereocenters. The zero-order valence-electron chi connectivity index (χ0n) is 12.1. The van der Waals surface area contributed by atoms with Gasteiger partial charge in [0.1, 0.15) is 5.82 Å². The van der Waals surface area contributed by atoms with E-state index in [0.29, 0.717) is 12.3 Å². The van der Waals surface area contributed by atoms with E-state index >= 15 is 0 Å². The zero-order chi connectivity index (χ0) is 16.1. The van der Waals surface area contributed by atoms with Crippen molar-refractivity contribution in [3.05, 3.63) is 11.8 Å². The second-order valence-corrected chi connectivity index (χ2v) is 5.64. The third-order valence-electron chi connectivity index (χ3n) is 2.46. The summed E-state index contributed by atoms with van der Waals surface area (Å²) in [7, 11) is 0. The number of aromatic nitrogens is 2. The highest BCUT2D eigenvalue weighted by atomic mass is 32.2. The largest absolute Gasteiger partial charge is 0.433 e. The summed E-state index contributed by atoms with van der Waals surface area (Å²) < 4.78 is 38.4. The first-order valence-corrected chi connectivity index (χ1v) is 7.72. The standard InChI is InChI=1S/C12H19F3N4OS/c1-4-16-10-18-8(12(13,14)15)5-9(19-10)17-6-11(2,20)7-21-3/h5,20H,4,6-7H2,1-3H3,(H2,16,17,18,19). The van der Waals surface area contributed by atoms with E-state index in [1.807, 2.05) is 6.26 Å². The van der Waals surface area contributed by atoms with Crippen LogP contribution in [0.5, 0.6) is 0 Å². The lowest BCUT2D eigenvalue weighted by molar-refractivity contribution is -0.141. The molecule has 0 aliphatic carbocycles. The van der Waals surface area contributed by atoms with Crippen molar-refractivity contribution < 1.29 is 18.3 Å². The van der Waals surface area contributed by atoms with Gasteiger partial charge in [0.15, 0.2) is 5.69 Å². The van der Waals surface area contributed by atoms with Crippen LogP contribution in [-0.2, 0) is 6.18 Å². The molecule has 5 nitrogen and oxygen atoms in total. The Balaban J connectivity index is 2.93. The van der Waals surface area contributed by atoms with Gasteiger partial charge in [-0.25, -0.2) is 4.98 Å². The lowest BCUT2D eigenvalue weighted by Gasteiger charge is -2.23. The van der Waals surface area contributed by atoms with E-state index in [-0.39, 0.29) is 18.3 Å². The van der Waals surface area contributed by atoms with E-state index in [2.05, 4.69) is 20.6 Å². The number of thioether (sulfide) groups is 1. The molecule has 1 aromatic rings. The maximum Gasteiger partial charge on any atom is 0.433 e. The maximum atomic E-state index is 12.8. The zero-order valence-corrected chi connectivity index (χ0v) is 12.9. The molecular formula is C12H19F3N4OS. The van der Waals surface area contributed by atoms with Crippen LogP contribution in [0.4, 0.5) is 24.9 Å². The van der Waals surface area contributed by atoms with Gasteiger partial charge < -0.3 is 15.7 Å². The first-order chi connectivity index (χ1) is 9.68. The van der Waals surface area contributed by atoms with Gasteiger partial charge in [-0.3, -0.25) is 0 Å². The van der Waals surface area contributed by atoms with Crippen molar-refractivity contribution in [1.29, 1.82) is 0 Å². The summed E-state index contributed by atoms with van der Waals surface area (Å²) in [5, 5.41) is 15.4. The van der Waals surface area contributed by atoms with Crippen molar-refractivity contribution >= 4 is 23.5 Å². The van der Waals surface area contributed by atoms with E-state index in [1.165, 1.54) is 11.8 Å². The second kappa shape index (κ2) is 7.17. The molecular weight excluding hydrogens is 305 g/mol. The van der Waals surface area contributed by atoms with Gasteiger partial charge in [-0.15, -0.1) is 0 Å². The monoisotopic (exact) mass is 324 g/mol. The summed E-state index contributed by atoms with van der Waals surface area (Å²) in [5.41, 5.74) is -2.07. The molecule has 1 unspecified atom stereocenters. The van der Waals surface area contributed by atoms with Gasteiger partial charge in [-0.2, -0.15) is 29.9 Å². The summed E-state index contributed by atoms with van der Waals surface area (Å²) >= 11 is 1.45.